The van der Waals surface area contributed by atoms with Crippen LogP contribution in [0.4, 0.5) is 18.9 Å². The number of rotatable bonds is 4. The van der Waals surface area contributed by atoms with Crippen molar-refractivity contribution in [3.8, 4) is 0 Å². The number of benzene rings is 2. The van der Waals surface area contributed by atoms with Gasteiger partial charge in [0.15, 0.2) is 17.5 Å². The molecule has 0 amide bonds. The highest BCUT2D eigenvalue weighted by molar-refractivity contribution is 9.10. The molecule has 2 aromatic carbocycles. The van der Waals surface area contributed by atoms with Crippen molar-refractivity contribution in [1.29, 1.82) is 0 Å². The molecule has 21 heavy (non-hydrogen) atoms. The molecule has 7 heteroatoms. The standard InChI is InChI=1S/C14H10BrF3N2S/c15-12-8(14(19)21)2-4-11(13(12)18)20-6-7-1-3-9(16)10(17)5-7/h1-5,20H,6H2,(H2,19,21). The molecule has 0 heterocycles. The van der Waals surface area contributed by atoms with Crippen LogP contribution in [0.1, 0.15) is 11.1 Å². The van der Waals surface area contributed by atoms with E-state index in [1.807, 2.05) is 0 Å². The van der Waals surface area contributed by atoms with Crippen LogP contribution in [0.5, 0.6) is 0 Å². The molecule has 0 bridgehead atoms. The van der Waals surface area contributed by atoms with Gasteiger partial charge in [-0.15, -0.1) is 0 Å². The van der Waals surface area contributed by atoms with Gasteiger partial charge in [0.25, 0.3) is 0 Å². The second-order valence-electron chi connectivity index (χ2n) is 4.25. The first kappa shape index (κ1) is 15.8. The van der Waals surface area contributed by atoms with Gasteiger partial charge in [-0.05, 0) is 45.8 Å². The van der Waals surface area contributed by atoms with Gasteiger partial charge in [-0.1, -0.05) is 18.3 Å². The van der Waals surface area contributed by atoms with Gasteiger partial charge in [0.1, 0.15) is 4.99 Å². The molecular formula is C14H10BrF3N2S. The fraction of sp³-hybridized carbons (Fsp3) is 0.0714. The summed E-state index contributed by atoms with van der Waals surface area (Å²) in [4.78, 5) is 0.0768. The average Bonchev–Trinajstić information content (AvgIpc) is 2.43. The van der Waals surface area contributed by atoms with Gasteiger partial charge in [0.05, 0.1) is 10.2 Å². The van der Waals surface area contributed by atoms with Crippen molar-refractivity contribution in [2.45, 2.75) is 6.54 Å². The first-order chi connectivity index (χ1) is 9.90. The Balaban J connectivity index is 2.18. The van der Waals surface area contributed by atoms with Crippen molar-refractivity contribution in [1.82, 2.24) is 0 Å². The average molecular weight is 375 g/mol. The minimum atomic E-state index is -0.945. The lowest BCUT2D eigenvalue weighted by molar-refractivity contribution is 0.507. The van der Waals surface area contributed by atoms with Crippen molar-refractivity contribution >= 4 is 38.8 Å². The summed E-state index contributed by atoms with van der Waals surface area (Å²) in [5.74, 6) is -2.42. The lowest BCUT2D eigenvalue weighted by Gasteiger charge is -2.11. The highest BCUT2D eigenvalue weighted by Crippen LogP contribution is 2.27. The van der Waals surface area contributed by atoms with Crippen LogP contribution in [-0.2, 0) is 6.54 Å². The zero-order valence-corrected chi connectivity index (χ0v) is 13.0. The first-order valence-corrected chi connectivity index (χ1v) is 7.06. The highest BCUT2D eigenvalue weighted by Gasteiger charge is 2.13. The van der Waals surface area contributed by atoms with Crippen LogP contribution in [0.15, 0.2) is 34.8 Å². The van der Waals surface area contributed by atoms with Gasteiger partial charge in [0, 0.05) is 12.1 Å². The zero-order chi connectivity index (χ0) is 15.6. The SMILES string of the molecule is NC(=S)c1ccc(NCc2ccc(F)c(F)c2)c(F)c1Br. The van der Waals surface area contributed by atoms with E-state index in [-0.39, 0.29) is 21.7 Å². The number of nitrogens with one attached hydrogen (secondary N) is 1. The summed E-state index contributed by atoms with van der Waals surface area (Å²) in [6.45, 7) is 0.146. The Hall–Kier alpha value is -1.60. The van der Waals surface area contributed by atoms with Crippen LogP contribution in [0.25, 0.3) is 0 Å². The third-order valence-electron chi connectivity index (χ3n) is 2.81. The number of hydrogen-bond donors (Lipinski definition) is 2. The van der Waals surface area contributed by atoms with Gasteiger partial charge >= 0.3 is 0 Å². The van der Waals surface area contributed by atoms with Crippen molar-refractivity contribution in [2.24, 2.45) is 5.73 Å². The molecule has 2 nitrogen and oxygen atoms in total. The Labute approximate surface area is 133 Å². The minimum absolute atomic E-state index is 0.0768. The van der Waals surface area contributed by atoms with E-state index in [0.29, 0.717) is 11.1 Å². The maximum absolute atomic E-state index is 14.1. The summed E-state index contributed by atoms with van der Waals surface area (Å²) in [6, 6.07) is 6.55. The van der Waals surface area contributed by atoms with Crippen molar-refractivity contribution < 1.29 is 13.2 Å². The molecule has 2 rings (SSSR count). The van der Waals surface area contributed by atoms with E-state index < -0.39 is 17.5 Å². The zero-order valence-electron chi connectivity index (χ0n) is 10.6. The van der Waals surface area contributed by atoms with Gasteiger partial charge in [0.2, 0.25) is 0 Å². The number of hydrogen-bond acceptors (Lipinski definition) is 2. The van der Waals surface area contributed by atoms with Gasteiger partial charge in [-0.25, -0.2) is 13.2 Å². The summed E-state index contributed by atoms with van der Waals surface area (Å²) in [5, 5.41) is 2.80. The van der Waals surface area contributed by atoms with Crippen LogP contribution in [0.2, 0.25) is 0 Å². The topological polar surface area (TPSA) is 38.0 Å². The smallest absolute Gasteiger partial charge is 0.161 e. The molecule has 0 spiro atoms. The van der Waals surface area contributed by atoms with E-state index in [2.05, 4.69) is 21.2 Å². The molecular weight excluding hydrogens is 365 g/mol. The molecule has 0 saturated heterocycles. The minimum Gasteiger partial charge on any atom is -0.389 e. The second-order valence-corrected chi connectivity index (χ2v) is 5.49. The van der Waals surface area contributed by atoms with Gasteiger partial charge < -0.3 is 11.1 Å². The third-order valence-corrected chi connectivity index (χ3v) is 3.81. The molecule has 0 aliphatic heterocycles. The van der Waals surface area contributed by atoms with Crippen LogP contribution in [-0.4, -0.2) is 4.99 Å². The Morgan fingerprint density at radius 1 is 1.14 bits per heavy atom. The fourth-order valence-electron chi connectivity index (χ4n) is 1.72. The summed E-state index contributed by atoms with van der Waals surface area (Å²) < 4.78 is 40.2. The number of halogens is 4. The Morgan fingerprint density at radius 3 is 2.48 bits per heavy atom. The lowest BCUT2D eigenvalue weighted by atomic mass is 10.1. The first-order valence-electron chi connectivity index (χ1n) is 5.85. The van der Waals surface area contributed by atoms with E-state index in [1.54, 1.807) is 6.07 Å². The molecule has 110 valence electrons. The van der Waals surface area contributed by atoms with Crippen molar-refractivity contribution in [2.75, 3.05) is 5.32 Å². The molecule has 3 N–H and O–H groups in total. The van der Waals surface area contributed by atoms with Crippen LogP contribution in [0.3, 0.4) is 0 Å². The molecule has 2 aromatic rings. The number of thiocarbonyl (C=S) groups is 1. The third kappa shape index (κ3) is 3.54. The maximum Gasteiger partial charge on any atom is 0.161 e. The Morgan fingerprint density at radius 2 is 1.86 bits per heavy atom. The maximum atomic E-state index is 14.1. The Bertz CT molecular complexity index is 707. The van der Waals surface area contributed by atoms with E-state index in [9.17, 15) is 13.2 Å². The van der Waals surface area contributed by atoms with E-state index in [4.69, 9.17) is 18.0 Å². The molecule has 0 saturated carbocycles. The quantitative estimate of drug-likeness (QED) is 0.790. The molecule has 0 aromatic heterocycles. The van der Waals surface area contributed by atoms with Crippen LogP contribution < -0.4 is 11.1 Å². The summed E-state index contributed by atoms with van der Waals surface area (Å²) in [7, 11) is 0. The monoisotopic (exact) mass is 374 g/mol. The van der Waals surface area contributed by atoms with Crippen LogP contribution >= 0.6 is 28.1 Å². The molecule has 0 aliphatic rings. The number of anilines is 1. The van der Waals surface area contributed by atoms with Crippen LogP contribution in [0, 0.1) is 17.5 Å². The van der Waals surface area contributed by atoms with E-state index in [0.717, 1.165) is 12.1 Å². The van der Waals surface area contributed by atoms with E-state index >= 15 is 0 Å². The summed E-state index contributed by atoms with van der Waals surface area (Å²) in [5.41, 5.74) is 6.55. The molecule has 0 radical (unpaired) electrons. The highest BCUT2D eigenvalue weighted by atomic mass is 79.9. The van der Waals surface area contributed by atoms with Crippen molar-refractivity contribution in [3.63, 3.8) is 0 Å². The molecule has 0 unspecified atom stereocenters. The molecule has 0 atom stereocenters. The Kier molecular flexibility index (Phi) is 4.84. The van der Waals surface area contributed by atoms with E-state index in [1.165, 1.54) is 12.1 Å². The summed E-state index contributed by atoms with van der Waals surface area (Å²) in [6.07, 6.45) is 0. The normalized spacial score (nSPS) is 10.5. The van der Waals surface area contributed by atoms with Gasteiger partial charge in [-0.2, -0.15) is 0 Å². The molecule has 0 aliphatic carbocycles. The molecule has 0 fully saturated rings. The fourth-order valence-corrected chi connectivity index (χ4v) is 2.58. The second kappa shape index (κ2) is 6.44. The largest absolute Gasteiger partial charge is 0.389 e. The van der Waals surface area contributed by atoms with Gasteiger partial charge in [-0.3, -0.25) is 0 Å². The van der Waals surface area contributed by atoms with Crippen molar-refractivity contribution in [3.05, 3.63) is 63.4 Å². The number of nitrogens with two attached hydrogens (primary N) is 1. The predicted octanol–water partition coefficient (Wildman–Crippen LogP) is 4.11. The predicted molar refractivity (Wildman–Crippen MR) is 83.7 cm³/mol. The lowest BCUT2D eigenvalue weighted by Crippen LogP contribution is -2.12. The summed E-state index contributed by atoms with van der Waals surface area (Å²) >= 11 is 7.89.